The Morgan fingerprint density at radius 2 is 1.25 bits per heavy atom. The first-order chi connectivity index (χ1) is 17.5. The van der Waals surface area contributed by atoms with Gasteiger partial charge in [0.15, 0.2) is 0 Å². The molecule has 1 aromatic heterocycles. The second-order valence-corrected chi connectivity index (χ2v) is 10.9. The molecule has 0 radical (unpaired) electrons. The fourth-order valence-electron chi connectivity index (χ4n) is 7.26. The van der Waals surface area contributed by atoms with Gasteiger partial charge in [0.2, 0.25) is 0 Å². The predicted molar refractivity (Wildman–Crippen MR) is 147 cm³/mol. The van der Waals surface area contributed by atoms with Crippen molar-refractivity contribution in [2.24, 2.45) is 0 Å². The van der Waals surface area contributed by atoms with Crippen LogP contribution >= 0.6 is 0 Å². The molecule has 0 fully saturated rings. The highest BCUT2D eigenvalue weighted by atomic mass is 15.2. The summed E-state index contributed by atoms with van der Waals surface area (Å²) < 4.78 is 0. The lowest BCUT2D eigenvalue weighted by molar-refractivity contribution is 0.620. The number of pyridine rings is 1. The molecule has 3 heterocycles. The summed E-state index contributed by atoms with van der Waals surface area (Å²) in [4.78, 5) is 7.56. The Labute approximate surface area is 211 Å². The van der Waals surface area contributed by atoms with E-state index in [1.54, 1.807) is 0 Å². The zero-order valence-electron chi connectivity index (χ0n) is 20.7. The van der Waals surface area contributed by atoms with Crippen LogP contribution in [0.5, 0.6) is 0 Å². The molecule has 0 N–H and O–H groups in total. The monoisotopic (exact) mass is 462 g/mol. The van der Waals surface area contributed by atoms with Crippen molar-refractivity contribution in [3.8, 4) is 11.1 Å². The van der Waals surface area contributed by atoms with Crippen LogP contribution in [0.1, 0.15) is 52.8 Å². The minimum atomic E-state index is -0.407. The molecule has 1 spiro atoms. The number of anilines is 3. The molecule has 0 amide bonds. The van der Waals surface area contributed by atoms with E-state index in [1.807, 2.05) is 6.20 Å². The molecule has 2 nitrogen and oxygen atoms in total. The maximum Gasteiger partial charge on any atom is 0.142 e. The Kier molecular flexibility index (Phi) is 3.64. The number of fused-ring (bicyclic) bond motifs is 11. The predicted octanol–water partition coefficient (Wildman–Crippen LogP) is 8.18. The Morgan fingerprint density at radius 3 is 2.00 bits per heavy atom. The maximum atomic E-state index is 5.11. The van der Waals surface area contributed by atoms with E-state index in [4.69, 9.17) is 4.98 Å². The standard InChI is InChI=1S/C34H26N2/c1-21-17-18-26-30(20-21)36-31-27(33(26,2)3)14-8-15-28(31)34(29-16-9-19-35-32(29)36)24-12-6-4-10-22(24)23-11-5-7-13-25(23)34/h4-20H,1-3H3. The summed E-state index contributed by atoms with van der Waals surface area (Å²) in [5, 5.41) is 0. The van der Waals surface area contributed by atoms with Crippen LogP contribution in [0.15, 0.2) is 103 Å². The Hall–Kier alpha value is -4.17. The topological polar surface area (TPSA) is 16.1 Å². The van der Waals surface area contributed by atoms with Crippen LogP contribution in [0.2, 0.25) is 0 Å². The summed E-state index contributed by atoms with van der Waals surface area (Å²) in [6, 6.07) is 36.2. The van der Waals surface area contributed by atoms with Crippen LogP contribution in [0.25, 0.3) is 11.1 Å². The summed E-state index contributed by atoms with van der Waals surface area (Å²) in [5.41, 5.74) is 13.9. The van der Waals surface area contributed by atoms with Crippen molar-refractivity contribution in [1.29, 1.82) is 0 Å². The van der Waals surface area contributed by atoms with E-state index in [9.17, 15) is 0 Å². The molecular weight excluding hydrogens is 436 g/mol. The summed E-state index contributed by atoms with van der Waals surface area (Å²) in [6.45, 7) is 6.92. The van der Waals surface area contributed by atoms with Crippen LogP contribution < -0.4 is 4.90 Å². The van der Waals surface area contributed by atoms with Crippen molar-refractivity contribution in [2.75, 3.05) is 4.90 Å². The number of aromatic nitrogens is 1. The van der Waals surface area contributed by atoms with Crippen LogP contribution in [-0.2, 0) is 10.8 Å². The molecule has 5 aromatic rings. The van der Waals surface area contributed by atoms with E-state index in [-0.39, 0.29) is 5.41 Å². The molecule has 8 rings (SSSR count). The molecule has 2 heteroatoms. The van der Waals surface area contributed by atoms with Gasteiger partial charge in [-0.05, 0) is 63.6 Å². The Balaban J connectivity index is 1.61. The highest BCUT2D eigenvalue weighted by Crippen LogP contribution is 2.66. The van der Waals surface area contributed by atoms with Crippen molar-refractivity contribution >= 4 is 17.2 Å². The van der Waals surface area contributed by atoms with Crippen molar-refractivity contribution < 1.29 is 0 Å². The minimum Gasteiger partial charge on any atom is -0.294 e. The number of benzene rings is 4. The van der Waals surface area contributed by atoms with E-state index in [2.05, 4.69) is 123 Å². The molecular formula is C34H26N2. The van der Waals surface area contributed by atoms with Crippen molar-refractivity contribution in [3.63, 3.8) is 0 Å². The third kappa shape index (κ3) is 2.13. The number of nitrogens with zero attached hydrogens (tertiary/aromatic N) is 2. The lowest BCUT2D eigenvalue weighted by Gasteiger charge is -2.50. The fraction of sp³-hybridized carbons (Fsp3) is 0.147. The number of para-hydroxylation sites is 1. The minimum absolute atomic E-state index is 0.129. The largest absolute Gasteiger partial charge is 0.294 e. The second-order valence-electron chi connectivity index (χ2n) is 10.9. The van der Waals surface area contributed by atoms with Gasteiger partial charge in [-0.2, -0.15) is 0 Å². The van der Waals surface area contributed by atoms with Gasteiger partial charge in [-0.3, -0.25) is 4.90 Å². The van der Waals surface area contributed by atoms with Gasteiger partial charge in [0.25, 0.3) is 0 Å². The highest BCUT2D eigenvalue weighted by Gasteiger charge is 2.54. The number of aryl methyl sites for hydroxylation is 1. The first-order valence-corrected chi connectivity index (χ1v) is 12.7. The van der Waals surface area contributed by atoms with Gasteiger partial charge >= 0.3 is 0 Å². The molecule has 4 aromatic carbocycles. The third-order valence-corrected chi connectivity index (χ3v) is 8.76. The maximum absolute atomic E-state index is 5.11. The second kappa shape index (κ2) is 6.53. The molecule has 1 aliphatic carbocycles. The van der Waals surface area contributed by atoms with Crippen LogP contribution in [0.3, 0.4) is 0 Å². The van der Waals surface area contributed by atoms with E-state index in [0.29, 0.717) is 0 Å². The lowest BCUT2D eigenvalue weighted by atomic mass is 9.62. The first-order valence-electron chi connectivity index (χ1n) is 12.7. The fourth-order valence-corrected chi connectivity index (χ4v) is 7.26. The molecule has 0 atom stereocenters. The van der Waals surface area contributed by atoms with E-state index in [1.165, 1.54) is 61.4 Å². The Bertz CT molecular complexity index is 1700. The summed E-state index contributed by atoms with van der Waals surface area (Å²) in [5.74, 6) is 1.03. The van der Waals surface area contributed by atoms with Crippen molar-refractivity contribution in [1.82, 2.24) is 4.98 Å². The van der Waals surface area contributed by atoms with Crippen LogP contribution in [0.4, 0.5) is 17.2 Å². The van der Waals surface area contributed by atoms with Crippen molar-refractivity contribution in [3.05, 3.63) is 142 Å². The van der Waals surface area contributed by atoms with Crippen molar-refractivity contribution in [2.45, 2.75) is 31.6 Å². The molecule has 3 aliphatic rings. The zero-order valence-corrected chi connectivity index (χ0v) is 20.7. The summed E-state index contributed by atoms with van der Waals surface area (Å²) in [6.07, 6.45) is 1.95. The third-order valence-electron chi connectivity index (χ3n) is 8.76. The number of hydrogen-bond donors (Lipinski definition) is 0. The molecule has 0 saturated carbocycles. The molecule has 172 valence electrons. The van der Waals surface area contributed by atoms with Gasteiger partial charge in [-0.15, -0.1) is 0 Å². The van der Waals surface area contributed by atoms with Gasteiger partial charge in [-0.1, -0.05) is 98.8 Å². The molecule has 0 saturated heterocycles. The van der Waals surface area contributed by atoms with Gasteiger partial charge in [0.1, 0.15) is 5.82 Å². The average Bonchev–Trinajstić information content (AvgIpc) is 3.19. The van der Waals surface area contributed by atoms with Gasteiger partial charge in [0, 0.05) is 17.2 Å². The van der Waals surface area contributed by atoms with E-state index < -0.39 is 5.41 Å². The smallest absolute Gasteiger partial charge is 0.142 e. The van der Waals surface area contributed by atoms with E-state index in [0.717, 1.165) is 5.82 Å². The molecule has 0 unspecified atom stereocenters. The molecule has 0 bridgehead atoms. The summed E-state index contributed by atoms with van der Waals surface area (Å²) in [7, 11) is 0. The summed E-state index contributed by atoms with van der Waals surface area (Å²) >= 11 is 0. The van der Waals surface area contributed by atoms with Gasteiger partial charge < -0.3 is 0 Å². The lowest BCUT2D eigenvalue weighted by Crippen LogP contribution is -2.41. The normalized spacial score (nSPS) is 16.6. The van der Waals surface area contributed by atoms with Gasteiger partial charge in [0.05, 0.1) is 16.8 Å². The van der Waals surface area contributed by atoms with Crippen LogP contribution in [-0.4, -0.2) is 4.98 Å². The number of rotatable bonds is 0. The SMILES string of the molecule is Cc1ccc2c(c1)N1c3ncccc3C3(c4ccccc4-c4ccccc43)c3cccc(c31)C2(C)C. The molecule has 36 heavy (non-hydrogen) atoms. The molecule has 2 aliphatic heterocycles. The van der Waals surface area contributed by atoms with E-state index >= 15 is 0 Å². The average molecular weight is 463 g/mol. The van der Waals surface area contributed by atoms with Crippen LogP contribution in [0, 0.1) is 6.92 Å². The zero-order chi connectivity index (χ0) is 24.2. The quantitative estimate of drug-likeness (QED) is 0.226. The number of hydrogen-bond acceptors (Lipinski definition) is 2. The highest BCUT2D eigenvalue weighted by molar-refractivity contribution is 5.98. The Morgan fingerprint density at radius 1 is 0.611 bits per heavy atom. The first kappa shape index (κ1) is 20.1. The van der Waals surface area contributed by atoms with Gasteiger partial charge in [-0.25, -0.2) is 4.98 Å².